The number of hydrogen-bond acceptors (Lipinski definition) is 4. The van der Waals surface area contributed by atoms with Gasteiger partial charge in [-0.25, -0.2) is 4.98 Å². The van der Waals surface area contributed by atoms with Crippen molar-refractivity contribution in [3.63, 3.8) is 0 Å². The summed E-state index contributed by atoms with van der Waals surface area (Å²) in [6, 6.07) is 17.2. The first-order chi connectivity index (χ1) is 11.1. The molecule has 114 valence electrons. The Kier molecular flexibility index (Phi) is 4.18. The molecule has 0 amide bonds. The molecule has 0 aliphatic heterocycles. The first-order valence-corrected chi connectivity index (χ1v) is 8.13. The number of para-hydroxylation sites is 1. The van der Waals surface area contributed by atoms with Gasteiger partial charge in [-0.15, -0.1) is 0 Å². The van der Waals surface area contributed by atoms with Crippen molar-refractivity contribution < 1.29 is 0 Å². The molecule has 0 N–H and O–H groups in total. The Balaban J connectivity index is 2.30. The molecule has 23 heavy (non-hydrogen) atoms. The molecule has 0 bridgehead atoms. The van der Waals surface area contributed by atoms with Gasteiger partial charge in [-0.3, -0.25) is 9.36 Å². The second kappa shape index (κ2) is 6.27. The SMILES string of the molecule is Cc1ccc(-n2c(SC(C)C#N)nc3ccccc3c2=O)cc1. The quantitative estimate of drug-likeness (QED) is 0.545. The smallest absolute Gasteiger partial charge is 0.266 e. The van der Waals surface area contributed by atoms with E-state index in [0.717, 1.165) is 11.3 Å². The van der Waals surface area contributed by atoms with E-state index in [0.29, 0.717) is 16.1 Å². The van der Waals surface area contributed by atoms with Crippen LogP contribution >= 0.6 is 11.8 Å². The van der Waals surface area contributed by atoms with Gasteiger partial charge in [0.25, 0.3) is 5.56 Å². The summed E-state index contributed by atoms with van der Waals surface area (Å²) >= 11 is 1.29. The highest BCUT2D eigenvalue weighted by atomic mass is 32.2. The Labute approximate surface area is 138 Å². The second-order valence-electron chi connectivity index (χ2n) is 5.28. The van der Waals surface area contributed by atoms with E-state index in [-0.39, 0.29) is 10.8 Å². The molecule has 4 nitrogen and oxygen atoms in total. The van der Waals surface area contributed by atoms with E-state index in [1.54, 1.807) is 17.6 Å². The van der Waals surface area contributed by atoms with Crippen molar-refractivity contribution in [2.24, 2.45) is 0 Å². The Hall–Kier alpha value is -2.58. The van der Waals surface area contributed by atoms with Gasteiger partial charge in [0.2, 0.25) is 0 Å². The normalized spacial score (nSPS) is 12.0. The van der Waals surface area contributed by atoms with Crippen LogP contribution in [-0.2, 0) is 0 Å². The fourth-order valence-corrected chi connectivity index (χ4v) is 3.11. The summed E-state index contributed by atoms with van der Waals surface area (Å²) in [5, 5.41) is 9.90. The molecule has 0 aliphatic carbocycles. The van der Waals surface area contributed by atoms with Crippen LogP contribution < -0.4 is 5.56 Å². The lowest BCUT2D eigenvalue weighted by molar-refractivity contribution is 0.818. The summed E-state index contributed by atoms with van der Waals surface area (Å²) in [5.74, 6) is 0. The van der Waals surface area contributed by atoms with Gasteiger partial charge in [0.15, 0.2) is 5.16 Å². The van der Waals surface area contributed by atoms with Crippen LogP contribution in [0.3, 0.4) is 0 Å². The Bertz CT molecular complexity index is 955. The van der Waals surface area contributed by atoms with Crippen LogP contribution in [0.5, 0.6) is 0 Å². The summed E-state index contributed by atoms with van der Waals surface area (Å²) in [4.78, 5) is 17.5. The molecule has 2 aromatic carbocycles. The van der Waals surface area contributed by atoms with E-state index in [9.17, 15) is 4.79 Å². The number of nitriles is 1. The molecule has 1 unspecified atom stereocenters. The van der Waals surface area contributed by atoms with Crippen LogP contribution in [0.2, 0.25) is 0 Å². The van der Waals surface area contributed by atoms with Gasteiger partial charge >= 0.3 is 0 Å². The Morgan fingerprint density at radius 3 is 2.57 bits per heavy atom. The van der Waals surface area contributed by atoms with Crippen molar-refractivity contribution in [3.8, 4) is 11.8 Å². The molecular weight excluding hydrogens is 306 g/mol. The highest BCUT2D eigenvalue weighted by molar-refractivity contribution is 8.00. The fraction of sp³-hybridized carbons (Fsp3) is 0.167. The Morgan fingerprint density at radius 2 is 1.87 bits per heavy atom. The van der Waals surface area contributed by atoms with Gasteiger partial charge in [0, 0.05) is 0 Å². The highest BCUT2D eigenvalue weighted by Gasteiger charge is 2.15. The van der Waals surface area contributed by atoms with E-state index in [1.165, 1.54) is 11.8 Å². The summed E-state index contributed by atoms with van der Waals surface area (Å²) in [7, 11) is 0. The average molecular weight is 321 g/mol. The number of fused-ring (bicyclic) bond motifs is 1. The molecule has 3 aromatic rings. The van der Waals surface area contributed by atoms with Crippen molar-refractivity contribution in [1.82, 2.24) is 9.55 Å². The van der Waals surface area contributed by atoms with Gasteiger partial charge in [-0.2, -0.15) is 5.26 Å². The van der Waals surface area contributed by atoms with Crippen molar-refractivity contribution in [2.75, 3.05) is 0 Å². The summed E-state index contributed by atoms with van der Waals surface area (Å²) < 4.78 is 1.58. The number of aryl methyl sites for hydroxylation is 1. The number of thioether (sulfide) groups is 1. The van der Waals surface area contributed by atoms with Crippen LogP contribution in [0.15, 0.2) is 58.5 Å². The summed E-state index contributed by atoms with van der Waals surface area (Å²) in [6.07, 6.45) is 0. The molecular formula is C18H15N3OS. The molecule has 0 radical (unpaired) electrons. The van der Waals surface area contributed by atoms with Crippen LogP contribution in [0.1, 0.15) is 12.5 Å². The lowest BCUT2D eigenvalue weighted by atomic mass is 10.2. The van der Waals surface area contributed by atoms with Crippen LogP contribution in [0, 0.1) is 18.3 Å². The third-order valence-corrected chi connectivity index (χ3v) is 4.44. The number of benzene rings is 2. The van der Waals surface area contributed by atoms with Gasteiger partial charge in [-0.1, -0.05) is 41.6 Å². The molecule has 5 heteroatoms. The number of rotatable bonds is 3. The van der Waals surface area contributed by atoms with Gasteiger partial charge in [-0.05, 0) is 38.1 Å². The maximum atomic E-state index is 12.9. The zero-order valence-corrected chi connectivity index (χ0v) is 13.7. The van der Waals surface area contributed by atoms with Gasteiger partial charge < -0.3 is 0 Å². The van der Waals surface area contributed by atoms with E-state index in [2.05, 4.69) is 11.1 Å². The fourth-order valence-electron chi connectivity index (χ4n) is 2.30. The van der Waals surface area contributed by atoms with Crippen molar-refractivity contribution >= 4 is 22.7 Å². The van der Waals surface area contributed by atoms with Crippen molar-refractivity contribution in [3.05, 3.63) is 64.4 Å². The topological polar surface area (TPSA) is 58.7 Å². The molecule has 0 aliphatic rings. The van der Waals surface area contributed by atoms with Crippen LogP contribution in [-0.4, -0.2) is 14.8 Å². The molecule has 1 atom stereocenters. The molecule has 0 saturated heterocycles. The van der Waals surface area contributed by atoms with Gasteiger partial charge in [0.05, 0.1) is 27.9 Å². The third kappa shape index (κ3) is 2.99. The van der Waals surface area contributed by atoms with E-state index in [1.807, 2.05) is 49.4 Å². The first kappa shape index (κ1) is 15.3. The molecule has 1 aromatic heterocycles. The Morgan fingerprint density at radius 1 is 1.17 bits per heavy atom. The summed E-state index contributed by atoms with van der Waals surface area (Å²) in [6.45, 7) is 3.80. The maximum Gasteiger partial charge on any atom is 0.266 e. The molecule has 0 saturated carbocycles. The van der Waals surface area contributed by atoms with Crippen molar-refractivity contribution in [1.29, 1.82) is 5.26 Å². The predicted molar refractivity (Wildman–Crippen MR) is 93.0 cm³/mol. The van der Waals surface area contributed by atoms with Crippen LogP contribution in [0.4, 0.5) is 0 Å². The number of aromatic nitrogens is 2. The van der Waals surface area contributed by atoms with E-state index >= 15 is 0 Å². The molecule has 1 heterocycles. The number of nitrogens with zero attached hydrogens (tertiary/aromatic N) is 3. The predicted octanol–water partition coefficient (Wildman–Crippen LogP) is 3.70. The monoisotopic (exact) mass is 321 g/mol. The minimum atomic E-state index is -0.292. The molecule has 0 fully saturated rings. The van der Waals surface area contributed by atoms with E-state index in [4.69, 9.17) is 5.26 Å². The summed E-state index contributed by atoms with van der Waals surface area (Å²) in [5.41, 5.74) is 2.40. The largest absolute Gasteiger partial charge is 0.268 e. The zero-order valence-electron chi connectivity index (χ0n) is 12.9. The lowest BCUT2D eigenvalue weighted by Crippen LogP contribution is -2.22. The van der Waals surface area contributed by atoms with E-state index < -0.39 is 0 Å². The van der Waals surface area contributed by atoms with Crippen LogP contribution in [0.25, 0.3) is 16.6 Å². The first-order valence-electron chi connectivity index (χ1n) is 7.25. The highest BCUT2D eigenvalue weighted by Crippen LogP contribution is 2.24. The van der Waals surface area contributed by atoms with Crippen molar-refractivity contribution in [2.45, 2.75) is 24.3 Å². The number of hydrogen-bond donors (Lipinski definition) is 0. The molecule has 0 spiro atoms. The average Bonchev–Trinajstić information content (AvgIpc) is 2.56. The maximum absolute atomic E-state index is 12.9. The minimum absolute atomic E-state index is 0.118. The third-order valence-electron chi connectivity index (χ3n) is 3.50. The second-order valence-corrected chi connectivity index (χ2v) is 6.58. The molecule has 3 rings (SSSR count). The minimum Gasteiger partial charge on any atom is -0.268 e. The zero-order chi connectivity index (χ0) is 16.4. The lowest BCUT2D eigenvalue weighted by Gasteiger charge is -2.14. The van der Waals surface area contributed by atoms with Gasteiger partial charge in [0.1, 0.15) is 0 Å². The standard InChI is InChI=1S/C18H15N3OS/c1-12-7-9-14(10-8-12)21-17(22)15-5-3-4-6-16(15)20-18(21)23-13(2)11-19/h3-10,13H,1-2H3.